The van der Waals surface area contributed by atoms with Crippen LogP contribution < -0.4 is 4.74 Å². The smallest absolute Gasteiger partial charge is 0.165 e. The van der Waals surface area contributed by atoms with Crippen molar-refractivity contribution in [2.75, 3.05) is 0 Å². The molecule has 0 bridgehead atoms. The Kier molecular flexibility index (Phi) is 3.00. The Labute approximate surface area is 93.5 Å². The van der Waals surface area contributed by atoms with E-state index in [1.165, 1.54) is 4.68 Å². The van der Waals surface area contributed by atoms with Gasteiger partial charge in [-0.05, 0) is 24.6 Å². The first-order valence-electron chi connectivity index (χ1n) is 4.98. The van der Waals surface area contributed by atoms with Crippen molar-refractivity contribution < 1.29 is 9.53 Å². The molecular weight excluding hydrogens is 204 g/mol. The van der Waals surface area contributed by atoms with Gasteiger partial charge in [0, 0.05) is 0 Å². The van der Waals surface area contributed by atoms with Gasteiger partial charge in [0.2, 0.25) is 0 Å². The van der Waals surface area contributed by atoms with Crippen LogP contribution in [0, 0.1) is 6.92 Å². The van der Waals surface area contributed by atoms with Gasteiger partial charge in [-0.2, -0.15) is 5.10 Å². The topological polar surface area (TPSA) is 44.1 Å². The van der Waals surface area contributed by atoms with Gasteiger partial charge in [0.15, 0.2) is 5.75 Å². The zero-order chi connectivity index (χ0) is 11.4. The summed E-state index contributed by atoms with van der Waals surface area (Å²) < 4.78 is 7.11. The molecule has 82 valence electrons. The first-order chi connectivity index (χ1) is 7.78. The van der Waals surface area contributed by atoms with Crippen molar-refractivity contribution in [3.8, 4) is 11.5 Å². The molecule has 0 N–H and O–H groups in total. The van der Waals surface area contributed by atoms with Crippen molar-refractivity contribution in [1.29, 1.82) is 0 Å². The monoisotopic (exact) mass is 216 g/mol. The molecular formula is C12H12N2O2. The summed E-state index contributed by atoms with van der Waals surface area (Å²) in [5, 5.41) is 3.98. The molecule has 0 atom stereocenters. The Bertz CT molecular complexity index is 491. The van der Waals surface area contributed by atoms with Crippen LogP contribution in [0.15, 0.2) is 36.7 Å². The van der Waals surface area contributed by atoms with E-state index >= 15 is 0 Å². The van der Waals surface area contributed by atoms with Gasteiger partial charge in [-0.3, -0.25) is 4.68 Å². The lowest BCUT2D eigenvalue weighted by Crippen LogP contribution is -1.97. The highest BCUT2D eigenvalue weighted by Crippen LogP contribution is 2.21. The molecule has 0 saturated carbocycles. The van der Waals surface area contributed by atoms with Crippen LogP contribution >= 0.6 is 0 Å². The number of aldehydes is 1. The highest BCUT2D eigenvalue weighted by Gasteiger charge is 2.00. The van der Waals surface area contributed by atoms with E-state index in [4.69, 9.17) is 4.74 Å². The van der Waals surface area contributed by atoms with Gasteiger partial charge < -0.3 is 9.53 Å². The van der Waals surface area contributed by atoms with Crippen molar-refractivity contribution in [2.45, 2.75) is 13.5 Å². The third kappa shape index (κ3) is 2.48. The van der Waals surface area contributed by atoms with Crippen LogP contribution in [0.5, 0.6) is 11.5 Å². The summed E-state index contributed by atoms with van der Waals surface area (Å²) in [5.74, 6) is 1.40. The van der Waals surface area contributed by atoms with Crippen LogP contribution in [0.2, 0.25) is 0 Å². The molecule has 0 fully saturated rings. The van der Waals surface area contributed by atoms with E-state index < -0.39 is 0 Å². The number of benzene rings is 1. The van der Waals surface area contributed by atoms with Crippen molar-refractivity contribution in [1.82, 2.24) is 9.78 Å². The second-order valence-corrected chi connectivity index (χ2v) is 3.48. The summed E-state index contributed by atoms with van der Waals surface area (Å²) in [6, 6.07) is 7.75. The highest BCUT2D eigenvalue weighted by molar-refractivity contribution is 5.49. The van der Waals surface area contributed by atoms with Crippen LogP contribution in [0.1, 0.15) is 5.56 Å². The Morgan fingerprint density at radius 3 is 3.06 bits per heavy atom. The first kappa shape index (κ1) is 10.4. The van der Waals surface area contributed by atoms with Crippen LogP contribution in [-0.4, -0.2) is 16.1 Å². The van der Waals surface area contributed by atoms with Gasteiger partial charge in [-0.1, -0.05) is 12.1 Å². The summed E-state index contributed by atoms with van der Waals surface area (Å²) in [7, 11) is 0. The molecule has 0 unspecified atom stereocenters. The maximum absolute atomic E-state index is 10.3. The normalized spacial score (nSPS) is 10.1. The summed E-state index contributed by atoms with van der Waals surface area (Å²) in [6.07, 6.45) is 4.08. The lowest BCUT2D eigenvalue weighted by molar-refractivity contribution is -0.108. The van der Waals surface area contributed by atoms with Crippen LogP contribution in [0.25, 0.3) is 0 Å². The van der Waals surface area contributed by atoms with Gasteiger partial charge in [0.1, 0.15) is 12.0 Å². The fourth-order valence-corrected chi connectivity index (χ4v) is 1.39. The zero-order valence-corrected chi connectivity index (χ0v) is 8.96. The van der Waals surface area contributed by atoms with Gasteiger partial charge in [-0.25, -0.2) is 0 Å². The second-order valence-electron chi connectivity index (χ2n) is 3.48. The van der Waals surface area contributed by atoms with Gasteiger partial charge >= 0.3 is 0 Å². The third-order valence-electron chi connectivity index (χ3n) is 2.10. The third-order valence-corrected chi connectivity index (χ3v) is 2.10. The average Bonchev–Trinajstić information content (AvgIpc) is 2.66. The van der Waals surface area contributed by atoms with E-state index in [-0.39, 0.29) is 6.54 Å². The molecule has 4 heteroatoms. The predicted octanol–water partition coefficient (Wildman–Crippen LogP) is 2.18. The highest BCUT2D eigenvalue weighted by atomic mass is 16.5. The SMILES string of the molecule is Cc1cccc(Oc2cnn(CC=O)c2)c1. The minimum absolute atomic E-state index is 0.247. The number of hydrogen-bond donors (Lipinski definition) is 0. The van der Waals surface area contributed by atoms with Crippen LogP contribution in [-0.2, 0) is 11.3 Å². The van der Waals surface area contributed by atoms with Crippen molar-refractivity contribution >= 4 is 6.29 Å². The summed E-state index contributed by atoms with van der Waals surface area (Å²) in [4.78, 5) is 10.3. The number of rotatable bonds is 4. The molecule has 0 spiro atoms. The number of hydrogen-bond acceptors (Lipinski definition) is 3. The summed E-state index contributed by atoms with van der Waals surface area (Å²) >= 11 is 0. The number of aryl methyl sites for hydroxylation is 1. The first-order valence-corrected chi connectivity index (χ1v) is 4.98. The number of carbonyl (C=O) groups excluding carboxylic acids is 1. The Morgan fingerprint density at radius 2 is 2.31 bits per heavy atom. The van der Waals surface area contributed by atoms with Gasteiger partial charge in [-0.15, -0.1) is 0 Å². The van der Waals surface area contributed by atoms with E-state index in [0.717, 1.165) is 17.6 Å². The fourth-order valence-electron chi connectivity index (χ4n) is 1.39. The molecule has 0 aliphatic carbocycles. The predicted molar refractivity (Wildman–Crippen MR) is 59.5 cm³/mol. The molecule has 16 heavy (non-hydrogen) atoms. The molecule has 2 rings (SSSR count). The molecule has 1 aromatic heterocycles. The van der Waals surface area contributed by atoms with E-state index in [9.17, 15) is 4.79 Å². The van der Waals surface area contributed by atoms with Crippen molar-refractivity contribution in [3.05, 3.63) is 42.2 Å². The van der Waals surface area contributed by atoms with Crippen molar-refractivity contribution in [3.63, 3.8) is 0 Å². The molecule has 0 saturated heterocycles. The lowest BCUT2D eigenvalue weighted by Gasteiger charge is -2.02. The Morgan fingerprint density at radius 1 is 1.44 bits per heavy atom. The lowest BCUT2D eigenvalue weighted by atomic mass is 10.2. The minimum atomic E-state index is 0.247. The van der Waals surface area contributed by atoms with E-state index in [1.807, 2.05) is 31.2 Å². The van der Waals surface area contributed by atoms with Gasteiger partial charge in [0.25, 0.3) is 0 Å². The number of ether oxygens (including phenoxy) is 1. The average molecular weight is 216 g/mol. The molecule has 0 aliphatic rings. The largest absolute Gasteiger partial charge is 0.454 e. The number of aromatic nitrogens is 2. The summed E-state index contributed by atoms with van der Waals surface area (Å²) in [6.45, 7) is 2.25. The van der Waals surface area contributed by atoms with Gasteiger partial charge in [0.05, 0.1) is 18.9 Å². The zero-order valence-electron chi connectivity index (χ0n) is 8.96. The van der Waals surface area contributed by atoms with Crippen molar-refractivity contribution in [2.24, 2.45) is 0 Å². The molecule has 0 amide bonds. The molecule has 0 radical (unpaired) electrons. The summed E-state index contributed by atoms with van der Waals surface area (Å²) in [5.41, 5.74) is 1.14. The van der Waals surface area contributed by atoms with E-state index in [1.54, 1.807) is 12.4 Å². The van der Waals surface area contributed by atoms with E-state index in [0.29, 0.717) is 5.75 Å². The molecule has 1 aromatic carbocycles. The quantitative estimate of drug-likeness (QED) is 0.736. The minimum Gasteiger partial charge on any atom is -0.454 e. The maximum atomic E-state index is 10.3. The number of nitrogens with zero attached hydrogens (tertiary/aromatic N) is 2. The molecule has 0 aliphatic heterocycles. The second kappa shape index (κ2) is 4.61. The maximum Gasteiger partial charge on any atom is 0.165 e. The number of carbonyl (C=O) groups is 1. The Hall–Kier alpha value is -2.10. The van der Waals surface area contributed by atoms with Crippen LogP contribution in [0.3, 0.4) is 0 Å². The van der Waals surface area contributed by atoms with Crippen LogP contribution in [0.4, 0.5) is 0 Å². The Balaban J connectivity index is 2.11. The molecule has 2 aromatic rings. The van der Waals surface area contributed by atoms with E-state index in [2.05, 4.69) is 5.10 Å². The fraction of sp³-hybridized carbons (Fsp3) is 0.167. The molecule has 4 nitrogen and oxygen atoms in total. The standard InChI is InChI=1S/C12H12N2O2/c1-10-3-2-4-11(7-10)16-12-8-13-14(9-12)5-6-15/h2-4,6-9H,5H2,1H3. The molecule has 1 heterocycles.